The van der Waals surface area contributed by atoms with E-state index in [2.05, 4.69) is 5.32 Å². The number of carbonyl (C=O) groups is 3. The van der Waals surface area contributed by atoms with E-state index in [1.54, 1.807) is 24.3 Å². The molecule has 1 heterocycles. The number of fused-ring (bicyclic) bond motifs is 1. The van der Waals surface area contributed by atoms with E-state index in [-0.39, 0.29) is 29.3 Å². The first-order valence-corrected chi connectivity index (χ1v) is 9.30. The van der Waals surface area contributed by atoms with Crippen molar-refractivity contribution in [3.05, 3.63) is 65.5 Å². The van der Waals surface area contributed by atoms with Crippen LogP contribution in [-0.2, 0) is 4.79 Å². The summed E-state index contributed by atoms with van der Waals surface area (Å²) < 4.78 is 12.8. The van der Waals surface area contributed by atoms with Gasteiger partial charge in [0.15, 0.2) is 0 Å². The lowest BCUT2D eigenvalue weighted by Crippen LogP contribution is -2.31. The van der Waals surface area contributed by atoms with E-state index in [1.165, 1.54) is 40.9 Å². The number of carbonyl (C=O) groups excluding carboxylic acids is 3. The molecular weight excluding hydrogens is 355 g/mol. The Labute approximate surface area is 154 Å². The number of hydrogen-bond donors (Lipinski definition) is 1. The average molecular weight is 372 g/mol. The van der Waals surface area contributed by atoms with E-state index in [0.29, 0.717) is 35.5 Å². The third-order valence-corrected chi connectivity index (χ3v) is 4.95. The Hall–Kier alpha value is -2.67. The van der Waals surface area contributed by atoms with E-state index in [9.17, 15) is 18.8 Å². The van der Waals surface area contributed by atoms with Crippen LogP contribution in [0.15, 0.2) is 48.5 Å². The Morgan fingerprint density at radius 2 is 1.62 bits per heavy atom. The predicted octanol–water partition coefficient (Wildman–Crippen LogP) is 3.18. The monoisotopic (exact) mass is 372 g/mol. The molecule has 0 aromatic heterocycles. The van der Waals surface area contributed by atoms with Gasteiger partial charge >= 0.3 is 0 Å². The summed E-state index contributed by atoms with van der Waals surface area (Å²) >= 11 is 1.42. The van der Waals surface area contributed by atoms with Crippen molar-refractivity contribution >= 4 is 35.2 Å². The van der Waals surface area contributed by atoms with Crippen LogP contribution in [-0.4, -0.2) is 40.7 Å². The van der Waals surface area contributed by atoms with E-state index >= 15 is 0 Å². The van der Waals surface area contributed by atoms with Crippen LogP contribution in [0.4, 0.5) is 10.1 Å². The maximum atomic E-state index is 12.8. The highest BCUT2D eigenvalue weighted by Gasteiger charge is 2.34. The van der Waals surface area contributed by atoms with Crippen LogP contribution >= 0.6 is 11.8 Å². The molecule has 1 N–H and O–H groups in total. The zero-order valence-corrected chi connectivity index (χ0v) is 14.7. The van der Waals surface area contributed by atoms with Crippen molar-refractivity contribution in [3.8, 4) is 0 Å². The molecule has 0 aliphatic carbocycles. The highest BCUT2D eigenvalue weighted by atomic mass is 32.2. The standard InChI is InChI=1S/C19H17FN2O3S/c20-13-6-8-14(9-7-13)21-17(23)12-26-11-3-10-22-18(24)15-4-1-2-5-16(15)19(22)25/h1-2,4-9H,3,10-12H2,(H,21,23). The minimum Gasteiger partial charge on any atom is -0.325 e. The number of anilines is 1. The first kappa shape index (κ1) is 18.1. The molecule has 2 aromatic rings. The third kappa shape index (κ3) is 4.11. The average Bonchev–Trinajstić information content (AvgIpc) is 2.88. The van der Waals surface area contributed by atoms with Gasteiger partial charge < -0.3 is 5.32 Å². The van der Waals surface area contributed by atoms with Gasteiger partial charge in [-0.05, 0) is 48.6 Å². The second-order valence-corrected chi connectivity index (χ2v) is 6.87. The largest absolute Gasteiger partial charge is 0.325 e. The maximum absolute atomic E-state index is 12.8. The SMILES string of the molecule is O=C(CSCCCN1C(=O)c2ccccc2C1=O)Nc1ccc(F)cc1. The molecule has 0 spiro atoms. The molecule has 0 radical (unpaired) electrons. The maximum Gasteiger partial charge on any atom is 0.261 e. The molecule has 0 atom stereocenters. The van der Waals surface area contributed by atoms with Crippen molar-refractivity contribution < 1.29 is 18.8 Å². The van der Waals surface area contributed by atoms with Gasteiger partial charge in [0.1, 0.15) is 5.82 Å². The molecule has 0 saturated carbocycles. The number of amides is 3. The molecule has 134 valence electrons. The molecule has 0 saturated heterocycles. The van der Waals surface area contributed by atoms with Crippen molar-refractivity contribution in [1.29, 1.82) is 0 Å². The highest BCUT2D eigenvalue weighted by Crippen LogP contribution is 2.22. The van der Waals surface area contributed by atoms with Gasteiger partial charge in [0.2, 0.25) is 5.91 Å². The molecule has 1 aliphatic rings. The number of rotatable bonds is 7. The van der Waals surface area contributed by atoms with Crippen LogP contribution in [0.1, 0.15) is 27.1 Å². The molecule has 7 heteroatoms. The van der Waals surface area contributed by atoms with Gasteiger partial charge in [0, 0.05) is 12.2 Å². The summed E-state index contributed by atoms with van der Waals surface area (Å²) in [6.45, 7) is 0.332. The zero-order valence-electron chi connectivity index (χ0n) is 13.9. The van der Waals surface area contributed by atoms with Gasteiger partial charge in [-0.25, -0.2) is 4.39 Å². The molecule has 26 heavy (non-hydrogen) atoms. The summed E-state index contributed by atoms with van der Waals surface area (Å²) in [5.41, 5.74) is 1.44. The minimum atomic E-state index is -0.356. The van der Waals surface area contributed by atoms with E-state index < -0.39 is 0 Å². The molecule has 0 unspecified atom stereocenters. The predicted molar refractivity (Wildman–Crippen MR) is 98.8 cm³/mol. The summed E-state index contributed by atoms with van der Waals surface area (Å²) in [6.07, 6.45) is 0.611. The second-order valence-electron chi connectivity index (χ2n) is 5.77. The normalized spacial score (nSPS) is 13.0. The van der Waals surface area contributed by atoms with Crippen molar-refractivity contribution in [1.82, 2.24) is 4.90 Å². The van der Waals surface area contributed by atoms with Gasteiger partial charge in [0.25, 0.3) is 11.8 Å². The van der Waals surface area contributed by atoms with E-state index in [1.807, 2.05) is 0 Å². The van der Waals surface area contributed by atoms with Crippen LogP contribution in [0.5, 0.6) is 0 Å². The van der Waals surface area contributed by atoms with Crippen LogP contribution in [0.3, 0.4) is 0 Å². The third-order valence-electron chi connectivity index (χ3n) is 3.91. The number of halogens is 1. The molecule has 1 aliphatic heterocycles. The summed E-state index contributed by atoms with van der Waals surface area (Å²) in [5, 5.41) is 2.68. The van der Waals surface area contributed by atoms with Gasteiger partial charge in [-0.2, -0.15) is 11.8 Å². The topological polar surface area (TPSA) is 66.5 Å². The molecule has 0 bridgehead atoms. The number of imide groups is 1. The van der Waals surface area contributed by atoms with E-state index in [4.69, 9.17) is 0 Å². The number of nitrogens with one attached hydrogen (secondary N) is 1. The van der Waals surface area contributed by atoms with Crippen LogP contribution in [0.2, 0.25) is 0 Å². The molecule has 0 fully saturated rings. The Bertz CT molecular complexity index is 804. The van der Waals surface area contributed by atoms with Crippen molar-refractivity contribution in [2.24, 2.45) is 0 Å². The van der Waals surface area contributed by atoms with E-state index in [0.717, 1.165) is 0 Å². The fourth-order valence-electron chi connectivity index (χ4n) is 2.66. The summed E-state index contributed by atoms with van der Waals surface area (Å²) in [6, 6.07) is 12.4. The quantitative estimate of drug-likeness (QED) is 0.599. The summed E-state index contributed by atoms with van der Waals surface area (Å²) in [5.74, 6) is -0.161. The lowest BCUT2D eigenvalue weighted by molar-refractivity contribution is -0.113. The van der Waals surface area contributed by atoms with Gasteiger partial charge in [-0.15, -0.1) is 0 Å². The minimum absolute atomic E-state index is 0.178. The number of nitrogens with zero attached hydrogens (tertiary/aromatic N) is 1. The highest BCUT2D eigenvalue weighted by molar-refractivity contribution is 7.99. The fourth-order valence-corrected chi connectivity index (χ4v) is 3.40. The molecular formula is C19H17FN2O3S. The number of hydrogen-bond acceptors (Lipinski definition) is 4. The zero-order chi connectivity index (χ0) is 18.5. The first-order valence-electron chi connectivity index (χ1n) is 8.14. The Kier molecular flexibility index (Phi) is 5.68. The lowest BCUT2D eigenvalue weighted by atomic mass is 10.1. The second kappa shape index (κ2) is 8.14. The number of benzene rings is 2. The summed E-state index contributed by atoms with van der Waals surface area (Å²) in [7, 11) is 0. The Morgan fingerprint density at radius 3 is 2.23 bits per heavy atom. The molecule has 2 aromatic carbocycles. The van der Waals surface area contributed by atoms with Gasteiger partial charge in [0.05, 0.1) is 16.9 Å². The van der Waals surface area contributed by atoms with Gasteiger partial charge in [-0.3, -0.25) is 19.3 Å². The first-order chi connectivity index (χ1) is 12.6. The fraction of sp³-hybridized carbons (Fsp3) is 0.211. The van der Waals surface area contributed by atoms with Gasteiger partial charge in [-0.1, -0.05) is 12.1 Å². The van der Waals surface area contributed by atoms with Crippen LogP contribution in [0.25, 0.3) is 0 Å². The van der Waals surface area contributed by atoms with Crippen LogP contribution in [0, 0.1) is 5.82 Å². The molecule has 5 nitrogen and oxygen atoms in total. The smallest absolute Gasteiger partial charge is 0.261 e. The van der Waals surface area contributed by atoms with Crippen LogP contribution < -0.4 is 5.32 Å². The number of thioether (sulfide) groups is 1. The lowest BCUT2D eigenvalue weighted by Gasteiger charge is -2.13. The van der Waals surface area contributed by atoms with Crippen molar-refractivity contribution in [2.45, 2.75) is 6.42 Å². The Balaban J connectivity index is 1.38. The summed E-state index contributed by atoms with van der Waals surface area (Å²) in [4.78, 5) is 37.5. The van der Waals surface area contributed by atoms with Crippen molar-refractivity contribution in [3.63, 3.8) is 0 Å². The van der Waals surface area contributed by atoms with Crippen molar-refractivity contribution in [2.75, 3.05) is 23.4 Å². The molecule has 3 rings (SSSR count). The molecule has 3 amide bonds. The Morgan fingerprint density at radius 1 is 1.00 bits per heavy atom.